The lowest BCUT2D eigenvalue weighted by Crippen LogP contribution is -2.41. The van der Waals surface area contributed by atoms with Gasteiger partial charge in [0.15, 0.2) is 0 Å². The highest BCUT2D eigenvalue weighted by Crippen LogP contribution is 2.12. The summed E-state index contributed by atoms with van der Waals surface area (Å²) in [4.78, 5) is 48.8. The van der Waals surface area contributed by atoms with Crippen LogP contribution in [0.5, 0.6) is 0 Å². The summed E-state index contributed by atoms with van der Waals surface area (Å²) in [5, 5.41) is 0. The van der Waals surface area contributed by atoms with Crippen LogP contribution in [-0.2, 0) is 28.7 Å². The van der Waals surface area contributed by atoms with E-state index in [0.29, 0.717) is 19.8 Å². The smallest absolute Gasteiger partial charge is 0.253 e. The fourth-order valence-corrected chi connectivity index (χ4v) is 3.12. The number of imide groups is 2. The fourth-order valence-electron chi connectivity index (χ4n) is 3.12. The maximum absolute atomic E-state index is 11.6. The number of carbonyl (C=O) groups excluding carboxylic acids is 4. The molecule has 28 heavy (non-hydrogen) atoms. The van der Waals surface area contributed by atoms with E-state index < -0.39 is 0 Å². The monoisotopic (exact) mass is 392 g/mol. The summed E-state index contributed by atoms with van der Waals surface area (Å²) in [7, 11) is 0. The van der Waals surface area contributed by atoms with E-state index in [9.17, 15) is 19.2 Å². The topological polar surface area (TPSA) is 93.2 Å². The van der Waals surface area contributed by atoms with Gasteiger partial charge in [-0.05, 0) is 40.0 Å². The highest BCUT2D eigenvalue weighted by molar-refractivity contribution is 6.13. The Morgan fingerprint density at radius 3 is 1.71 bits per heavy atom. The number of amides is 4. The molecule has 3 atom stereocenters. The predicted octanol–water partition coefficient (Wildman–Crippen LogP) is 1.21. The van der Waals surface area contributed by atoms with Crippen LogP contribution in [0.25, 0.3) is 0 Å². The van der Waals surface area contributed by atoms with E-state index in [1.807, 2.05) is 6.92 Å². The number of hydrogen-bond donors (Lipinski definition) is 0. The van der Waals surface area contributed by atoms with E-state index in [4.69, 9.17) is 9.47 Å². The Morgan fingerprint density at radius 1 is 0.750 bits per heavy atom. The standard InChI is InChI=1S/C20H28N2O6/c1-14(21-17(23)7-8-18(21)24)12-27-11-5-4-6-16(3)28-13-15(2)22-19(25)9-10-20(22)26/h7-10,14-16H,4-6,11-13H2,1-3H3. The molecule has 0 aliphatic carbocycles. The quantitative estimate of drug-likeness (QED) is 0.366. The van der Waals surface area contributed by atoms with Gasteiger partial charge >= 0.3 is 0 Å². The van der Waals surface area contributed by atoms with Crippen molar-refractivity contribution in [2.75, 3.05) is 19.8 Å². The molecule has 154 valence electrons. The van der Waals surface area contributed by atoms with Gasteiger partial charge in [-0.15, -0.1) is 0 Å². The second-order valence-electron chi connectivity index (χ2n) is 7.17. The molecule has 8 nitrogen and oxygen atoms in total. The molecule has 0 bridgehead atoms. The van der Waals surface area contributed by atoms with E-state index >= 15 is 0 Å². The zero-order chi connectivity index (χ0) is 20.7. The molecule has 0 saturated carbocycles. The molecule has 0 aromatic heterocycles. The Labute approximate surface area is 165 Å². The SMILES string of the molecule is CC(CCCCOCC(C)N1C(=O)C=CC1=O)OCC(C)N1C(=O)C=CC1=O. The fraction of sp³-hybridized carbons (Fsp3) is 0.600. The molecule has 2 rings (SSSR count). The molecule has 0 spiro atoms. The van der Waals surface area contributed by atoms with Gasteiger partial charge in [-0.25, -0.2) is 0 Å². The molecular formula is C20H28N2O6. The summed E-state index contributed by atoms with van der Waals surface area (Å²) in [5.74, 6) is -1.19. The first kappa shape index (κ1) is 22.0. The minimum Gasteiger partial charge on any atom is -0.379 e. The van der Waals surface area contributed by atoms with Crippen molar-refractivity contribution >= 4 is 23.6 Å². The third-order valence-corrected chi connectivity index (χ3v) is 4.70. The zero-order valence-electron chi connectivity index (χ0n) is 16.6. The van der Waals surface area contributed by atoms with E-state index in [-0.39, 0.29) is 41.8 Å². The lowest BCUT2D eigenvalue weighted by molar-refractivity contribution is -0.142. The van der Waals surface area contributed by atoms with Crippen LogP contribution in [0.4, 0.5) is 0 Å². The van der Waals surface area contributed by atoms with Gasteiger partial charge in [0, 0.05) is 30.9 Å². The average molecular weight is 392 g/mol. The Bertz CT molecular complexity index is 636. The Hall–Kier alpha value is -2.32. The molecule has 0 aromatic rings. The summed E-state index contributed by atoms with van der Waals surface area (Å²) in [6, 6.07) is -0.586. The molecule has 3 unspecified atom stereocenters. The Balaban J connectivity index is 1.52. The summed E-state index contributed by atoms with van der Waals surface area (Å²) in [6.45, 7) is 6.69. The largest absolute Gasteiger partial charge is 0.379 e. The number of rotatable bonds is 12. The van der Waals surface area contributed by atoms with E-state index in [1.54, 1.807) is 13.8 Å². The third-order valence-electron chi connectivity index (χ3n) is 4.70. The van der Waals surface area contributed by atoms with Gasteiger partial charge in [-0.1, -0.05) is 0 Å². The first-order chi connectivity index (χ1) is 13.3. The Morgan fingerprint density at radius 2 is 1.21 bits per heavy atom. The lowest BCUT2D eigenvalue weighted by Gasteiger charge is -2.24. The van der Waals surface area contributed by atoms with Crippen molar-refractivity contribution in [2.45, 2.75) is 58.2 Å². The van der Waals surface area contributed by atoms with Crippen molar-refractivity contribution in [3.63, 3.8) is 0 Å². The molecule has 2 aliphatic rings. The third kappa shape index (κ3) is 5.84. The molecule has 2 heterocycles. The lowest BCUT2D eigenvalue weighted by atomic mass is 10.2. The van der Waals surface area contributed by atoms with Gasteiger partial charge in [-0.2, -0.15) is 0 Å². The number of hydrogen-bond acceptors (Lipinski definition) is 6. The minimum atomic E-state index is -0.298. The number of ether oxygens (including phenoxy) is 2. The summed E-state index contributed by atoms with van der Waals surface area (Å²) in [5.41, 5.74) is 0. The molecule has 0 fully saturated rings. The molecule has 8 heteroatoms. The minimum absolute atomic E-state index is 0.00746. The molecular weight excluding hydrogens is 364 g/mol. The van der Waals surface area contributed by atoms with E-state index in [2.05, 4.69) is 0 Å². The number of carbonyl (C=O) groups is 4. The normalized spacial score (nSPS) is 19.8. The number of nitrogens with zero attached hydrogens (tertiary/aromatic N) is 2. The first-order valence-corrected chi connectivity index (χ1v) is 9.61. The van der Waals surface area contributed by atoms with E-state index in [1.165, 1.54) is 34.1 Å². The van der Waals surface area contributed by atoms with Crippen molar-refractivity contribution < 1.29 is 28.7 Å². The molecule has 0 saturated heterocycles. The average Bonchev–Trinajstić information content (AvgIpc) is 3.16. The van der Waals surface area contributed by atoms with Crippen molar-refractivity contribution in [1.82, 2.24) is 9.80 Å². The second kappa shape index (κ2) is 10.3. The van der Waals surface area contributed by atoms with E-state index in [0.717, 1.165) is 19.3 Å². The van der Waals surface area contributed by atoms with Crippen LogP contribution >= 0.6 is 0 Å². The van der Waals surface area contributed by atoms with Gasteiger partial charge in [0.2, 0.25) is 0 Å². The first-order valence-electron chi connectivity index (χ1n) is 9.61. The number of unbranched alkanes of at least 4 members (excludes halogenated alkanes) is 1. The van der Waals surface area contributed by atoms with Crippen molar-refractivity contribution in [3.8, 4) is 0 Å². The molecule has 0 N–H and O–H groups in total. The van der Waals surface area contributed by atoms with Crippen LogP contribution in [0, 0.1) is 0 Å². The highest BCUT2D eigenvalue weighted by atomic mass is 16.5. The van der Waals surface area contributed by atoms with Crippen molar-refractivity contribution in [3.05, 3.63) is 24.3 Å². The molecule has 0 radical (unpaired) electrons. The second-order valence-corrected chi connectivity index (χ2v) is 7.17. The highest BCUT2D eigenvalue weighted by Gasteiger charge is 2.29. The predicted molar refractivity (Wildman–Crippen MR) is 101 cm³/mol. The maximum atomic E-state index is 11.6. The maximum Gasteiger partial charge on any atom is 0.253 e. The van der Waals surface area contributed by atoms with Crippen molar-refractivity contribution in [2.24, 2.45) is 0 Å². The molecule has 2 aliphatic heterocycles. The van der Waals surface area contributed by atoms with Gasteiger partial charge in [0.05, 0.1) is 31.4 Å². The van der Waals surface area contributed by atoms with Crippen LogP contribution in [0.15, 0.2) is 24.3 Å². The van der Waals surface area contributed by atoms with Gasteiger partial charge in [0.25, 0.3) is 23.6 Å². The van der Waals surface area contributed by atoms with Crippen molar-refractivity contribution in [1.29, 1.82) is 0 Å². The summed E-state index contributed by atoms with van der Waals surface area (Å²) in [6.07, 6.45) is 7.66. The summed E-state index contributed by atoms with van der Waals surface area (Å²) < 4.78 is 11.3. The molecule has 0 aromatic carbocycles. The summed E-state index contributed by atoms with van der Waals surface area (Å²) >= 11 is 0. The Kier molecular flexibility index (Phi) is 8.07. The molecule has 4 amide bonds. The van der Waals surface area contributed by atoms with Crippen LogP contribution in [-0.4, -0.2) is 71.4 Å². The van der Waals surface area contributed by atoms with Crippen LogP contribution < -0.4 is 0 Å². The van der Waals surface area contributed by atoms with Crippen LogP contribution in [0.3, 0.4) is 0 Å². The van der Waals surface area contributed by atoms with Gasteiger partial charge in [-0.3, -0.25) is 29.0 Å². The van der Waals surface area contributed by atoms with Gasteiger partial charge < -0.3 is 9.47 Å². The van der Waals surface area contributed by atoms with Crippen LogP contribution in [0.2, 0.25) is 0 Å². The zero-order valence-corrected chi connectivity index (χ0v) is 16.6. The van der Waals surface area contributed by atoms with Gasteiger partial charge in [0.1, 0.15) is 0 Å². The van der Waals surface area contributed by atoms with Crippen LogP contribution in [0.1, 0.15) is 40.0 Å².